The van der Waals surface area contributed by atoms with Crippen LogP contribution in [0.5, 0.6) is 0 Å². The maximum Gasteiger partial charge on any atom is 0.255 e. The average Bonchev–Trinajstić information content (AvgIpc) is 3.24. The predicted octanol–water partition coefficient (Wildman–Crippen LogP) is 2.86. The first kappa shape index (κ1) is 20.5. The summed E-state index contributed by atoms with van der Waals surface area (Å²) in [7, 11) is 0. The van der Waals surface area contributed by atoms with Gasteiger partial charge in [-0.3, -0.25) is 9.59 Å². The molecule has 8 nitrogen and oxygen atoms in total. The molecule has 2 aliphatic rings. The number of piperidine rings is 2. The van der Waals surface area contributed by atoms with Crippen LogP contribution < -0.4 is 11.1 Å². The van der Waals surface area contributed by atoms with E-state index in [-0.39, 0.29) is 17.7 Å². The highest BCUT2D eigenvalue weighted by molar-refractivity contribution is 5.99. The summed E-state index contributed by atoms with van der Waals surface area (Å²) < 4.78 is 0. The van der Waals surface area contributed by atoms with E-state index in [9.17, 15) is 9.59 Å². The number of anilines is 1. The summed E-state index contributed by atoms with van der Waals surface area (Å²) >= 11 is 0. The topological polar surface area (TPSA) is 117 Å². The first-order valence-electron chi connectivity index (χ1n) is 11.3. The van der Waals surface area contributed by atoms with Crippen LogP contribution in [0.4, 0.5) is 5.69 Å². The molecule has 2 aromatic heterocycles. The first-order chi connectivity index (χ1) is 15.5. The fraction of sp³-hybridized carbons (Fsp3) is 0.417. The van der Waals surface area contributed by atoms with Gasteiger partial charge in [-0.2, -0.15) is 0 Å². The summed E-state index contributed by atoms with van der Waals surface area (Å²) in [5, 5.41) is 2.92. The number of carbonyl (C=O) groups is 2. The number of aromatic amines is 1. The smallest absolute Gasteiger partial charge is 0.255 e. The number of nitrogens with one attached hydrogen (secondary N) is 2. The molecule has 2 saturated heterocycles. The lowest BCUT2D eigenvalue weighted by atomic mass is 9.89. The SMILES string of the molecule is Cc1ccc(C(=O)N2CCC(c3ccnc4nc(C5CCC(=O)NC5)[nH]c34)CC2)c(N)c1. The minimum absolute atomic E-state index is 0.00370. The van der Waals surface area contributed by atoms with E-state index in [0.717, 1.165) is 41.8 Å². The van der Waals surface area contributed by atoms with Crippen molar-refractivity contribution in [3.05, 3.63) is 53.0 Å². The van der Waals surface area contributed by atoms with Gasteiger partial charge in [0.1, 0.15) is 5.82 Å². The Labute approximate surface area is 186 Å². The number of nitrogens with two attached hydrogens (primary N) is 1. The number of carbonyl (C=O) groups excluding carboxylic acids is 2. The van der Waals surface area contributed by atoms with Crippen LogP contribution in [-0.2, 0) is 4.79 Å². The summed E-state index contributed by atoms with van der Waals surface area (Å²) in [5.74, 6) is 1.52. The lowest BCUT2D eigenvalue weighted by Crippen LogP contribution is -2.38. The Morgan fingerprint density at radius 3 is 2.69 bits per heavy atom. The van der Waals surface area contributed by atoms with Gasteiger partial charge in [0.25, 0.3) is 5.91 Å². The lowest BCUT2D eigenvalue weighted by Gasteiger charge is -2.32. The third-order valence-corrected chi connectivity index (χ3v) is 6.75. The molecule has 32 heavy (non-hydrogen) atoms. The third-order valence-electron chi connectivity index (χ3n) is 6.75. The number of aromatic nitrogens is 3. The van der Waals surface area contributed by atoms with Crippen molar-refractivity contribution in [2.45, 2.75) is 44.4 Å². The molecule has 0 bridgehead atoms. The summed E-state index contributed by atoms with van der Waals surface area (Å²) in [4.78, 5) is 39.0. The van der Waals surface area contributed by atoms with Gasteiger partial charge >= 0.3 is 0 Å². The van der Waals surface area contributed by atoms with Crippen molar-refractivity contribution < 1.29 is 9.59 Å². The van der Waals surface area contributed by atoms with E-state index in [0.29, 0.717) is 43.2 Å². The molecule has 4 heterocycles. The molecule has 0 aliphatic carbocycles. The Bertz CT molecular complexity index is 1170. The van der Waals surface area contributed by atoms with E-state index in [1.165, 1.54) is 5.56 Å². The maximum atomic E-state index is 13.0. The number of nitrogen functional groups attached to an aromatic ring is 1. The maximum absolute atomic E-state index is 13.0. The molecule has 1 aromatic carbocycles. The van der Waals surface area contributed by atoms with Gasteiger partial charge in [0, 0.05) is 43.9 Å². The van der Waals surface area contributed by atoms with Crippen molar-refractivity contribution in [3.8, 4) is 0 Å². The van der Waals surface area contributed by atoms with Crippen LogP contribution in [0.2, 0.25) is 0 Å². The number of likely N-dealkylation sites (tertiary alicyclic amines) is 1. The standard InChI is InChI=1S/C24H28N6O2/c1-14-2-4-18(19(25)12-14)24(32)30-10-7-15(8-11-30)17-6-9-26-23-21(17)28-22(29-23)16-3-5-20(31)27-13-16/h2,4,6,9,12,15-16H,3,5,7-8,10-11,13,25H2,1H3,(H,27,31)(H,26,28,29). The van der Waals surface area contributed by atoms with Gasteiger partial charge in [-0.25, -0.2) is 9.97 Å². The second-order valence-corrected chi connectivity index (χ2v) is 8.92. The predicted molar refractivity (Wildman–Crippen MR) is 122 cm³/mol. The molecule has 0 spiro atoms. The number of aryl methyl sites for hydroxylation is 1. The molecular weight excluding hydrogens is 404 g/mol. The van der Waals surface area contributed by atoms with E-state index >= 15 is 0 Å². The average molecular weight is 433 g/mol. The fourth-order valence-electron chi connectivity index (χ4n) is 4.89. The van der Waals surface area contributed by atoms with Crippen molar-refractivity contribution >= 4 is 28.7 Å². The number of rotatable bonds is 3. The highest BCUT2D eigenvalue weighted by Crippen LogP contribution is 2.33. The number of H-pyrrole nitrogens is 1. The zero-order chi connectivity index (χ0) is 22.2. The van der Waals surface area contributed by atoms with E-state index in [4.69, 9.17) is 10.7 Å². The molecule has 1 atom stereocenters. The highest BCUT2D eigenvalue weighted by Gasteiger charge is 2.28. The monoisotopic (exact) mass is 432 g/mol. The molecule has 5 rings (SSSR count). The Morgan fingerprint density at radius 1 is 1.16 bits per heavy atom. The summed E-state index contributed by atoms with van der Waals surface area (Å²) in [6.07, 6.45) is 4.90. The summed E-state index contributed by atoms with van der Waals surface area (Å²) in [5.41, 5.74) is 11.2. The second kappa shape index (κ2) is 8.26. The van der Waals surface area contributed by atoms with Crippen molar-refractivity contribution in [1.82, 2.24) is 25.2 Å². The van der Waals surface area contributed by atoms with Crippen molar-refractivity contribution in [2.24, 2.45) is 0 Å². The van der Waals surface area contributed by atoms with E-state index < -0.39 is 0 Å². The van der Waals surface area contributed by atoms with E-state index in [1.807, 2.05) is 36.2 Å². The van der Waals surface area contributed by atoms with Gasteiger partial charge in [0.2, 0.25) is 5.91 Å². The van der Waals surface area contributed by atoms with Crippen molar-refractivity contribution in [3.63, 3.8) is 0 Å². The van der Waals surface area contributed by atoms with Gasteiger partial charge in [-0.05, 0) is 61.4 Å². The van der Waals surface area contributed by atoms with Gasteiger partial charge < -0.3 is 20.9 Å². The first-order valence-corrected chi connectivity index (χ1v) is 11.3. The zero-order valence-corrected chi connectivity index (χ0v) is 18.2. The van der Waals surface area contributed by atoms with E-state index in [1.54, 1.807) is 0 Å². The lowest BCUT2D eigenvalue weighted by molar-refractivity contribution is -0.122. The van der Waals surface area contributed by atoms with Crippen LogP contribution in [-0.4, -0.2) is 51.3 Å². The normalized spacial score (nSPS) is 19.8. The minimum atomic E-state index is 0.00370. The molecule has 4 N–H and O–H groups in total. The third kappa shape index (κ3) is 3.81. The summed E-state index contributed by atoms with van der Waals surface area (Å²) in [6, 6.07) is 7.66. The number of hydrogen-bond donors (Lipinski definition) is 3. The molecule has 2 amide bonds. The highest BCUT2D eigenvalue weighted by atomic mass is 16.2. The Morgan fingerprint density at radius 2 is 1.97 bits per heavy atom. The number of benzene rings is 1. The van der Waals surface area contributed by atoms with Gasteiger partial charge in [0.15, 0.2) is 5.65 Å². The zero-order valence-electron chi connectivity index (χ0n) is 18.2. The van der Waals surface area contributed by atoms with Gasteiger partial charge in [0.05, 0.1) is 11.1 Å². The Kier molecular flexibility index (Phi) is 5.28. The molecule has 0 radical (unpaired) electrons. The number of amides is 2. The van der Waals surface area contributed by atoms with Crippen LogP contribution in [0.3, 0.4) is 0 Å². The Balaban J connectivity index is 1.31. The Hall–Kier alpha value is -3.42. The van der Waals surface area contributed by atoms with Gasteiger partial charge in [-0.1, -0.05) is 6.07 Å². The van der Waals surface area contributed by atoms with Gasteiger partial charge in [-0.15, -0.1) is 0 Å². The van der Waals surface area contributed by atoms with Crippen LogP contribution >= 0.6 is 0 Å². The minimum Gasteiger partial charge on any atom is -0.398 e. The molecule has 2 aliphatic heterocycles. The fourth-order valence-corrected chi connectivity index (χ4v) is 4.89. The van der Waals surface area contributed by atoms with Crippen LogP contribution in [0.15, 0.2) is 30.5 Å². The molecular formula is C24H28N6O2. The molecule has 2 fully saturated rings. The number of fused-ring (bicyclic) bond motifs is 1. The second-order valence-electron chi connectivity index (χ2n) is 8.92. The quantitative estimate of drug-likeness (QED) is 0.550. The largest absolute Gasteiger partial charge is 0.398 e. The van der Waals surface area contributed by atoms with Crippen LogP contribution in [0.1, 0.15) is 64.8 Å². The summed E-state index contributed by atoms with van der Waals surface area (Å²) in [6.45, 7) is 3.96. The molecule has 0 saturated carbocycles. The number of hydrogen-bond acceptors (Lipinski definition) is 5. The van der Waals surface area contributed by atoms with Crippen molar-refractivity contribution in [2.75, 3.05) is 25.4 Å². The van der Waals surface area contributed by atoms with E-state index in [2.05, 4.69) is 21.4 Å². The number of pyridine rings is 1. The van der Waals surface area contributed by atoms with Crippen LogP contribution in [0, 0.1) is 6.92 Å². The number of nitrogens with zero attached hydrogens (tertiary/aromatic N) is 3. The number of imidazole rings is 1. The molecule has 166 valence electrons. The molecule has 3 aromatic rings. The van der Waals surface area contributed by atoms with Crippen LogP contribution in [0.25, 0.3) is 11.2 Å². The van der Waals surface area contributed by atoms with Crippen molar-refractivity contribution in [1.29, 1.82) is 0 Å². The molecule has 1 unspecified atom stereocenters. The molecule has 8 heteroatoms.